The van der Waals surface area contributed by atoms with E-state index < -0.39 is 5.97 Å². The summed E-state index contributed by atoms with van der Waals surface area (Å²) in [7, 11) is 0. The summed E-state index contributed by atoms with van der Waals surface area (Å²) in [5, 5.41) is 3.55. The van der Waals surface area contributed by atoms with Gasteiger partial charge in [0.25, 0.3) is 0 Å². The van der Waals surface area contributed by atoms with Gasteiger partial charge in [-0.3, -0.25) is 9.59 Å². The highest BCUT2D eigenvalue weighted by Crippen LogP contribution is 2.31. The Morgan fingerprint density at radius 1 is 1.24 bits per heavy atom. The van der Waals surface area contributed by atoms with E-state index in [-0.39, 0.29) is 12.3 Å². The highest BCUT2D eigenvalue weighted by molar-refractivity contribution is 7.16. The fraction of sp³-hybridized carbons (Fsp3) is 0.500. The number of esters is 1. The predicted molar refractivity (Wildman–Crippen MR) is 68.4 cm³/mol. The minimum Gasteiger partial charge on any atom is -0.466 e. The first kappa shape index (κ1) is 13.7. The number of hydrogen-bond donors (Lipinski definition) is 1. The van der Waals surface area contributed by atoms with Gasteiger partial charge in [0, 0.05) is 4.88 Å². The first-order chi connectivity index (χ1) is 7.95. The van der Waals surface area contributed by atoms with E-state index in [4.69, 9.17) is 4.74 Å². The Morgan fingerprint density at radius 2 is 1.88 bits per heavy atom. The number of rotatable bonds is 4. The third-order valence-corrected chi connectivity index (χ3v) is 3.77. The molecule has 1 N–H and O–H groups in total. The molecule has 0 saturated carbocycles. The standard InChI is InChI=1S/C12H17NO3S/c1-5-16-11(15)6-10(14)13-12-8(3)7(2)9(4)17-12/h5-6H2,1-4H3,(H,13,14). The molecule has 17 heavy (non-hydrogen) atoms. The second kappa shape index (κ2) is 5.82. The lowest BCUT2D eigenvalue weighted by Gasteiger charge is -2.04. The zero-order chi connectivity index (χ0) is 13.0. The molecule has 94 valence electrons. The summed E-state index contributed by atoms with van der Waals surface area (Å²) in [5.41, 5.74) is 2.24. The van der Waals surface area contributed by atoms with Crippen molar-refractivity contribution in [1.82, 2.24) is 0 Å². The maximum atomic E-state index is 11.6. The molecule has 1 aromatic rings. The van der Waals surface area contributed by atoms with E-state index in [1.807, 2.05) is 20.8 Å². The Labute approximate surface area is 105 Å². The van der Waals surface area contributed by atoms with E-state index in [0.717, 1.165) is 10.6 Å². The van der Waals surface area contributed by atoms with Gasteiger partial charge in [0.15, 0.2) is 0 Å². The normalized spacial score (nSPS) is 10.1. The lowest BCUT2D eigenvalue weighted by Crippen LogP contribution is -2.17. The van der Waals surface area contributed by atoms with Crippen LogP contribution in [0.3, 0.4) is 0 Å². The van der Waals surface area contributed by atoms with Gasteiger partial charge >= 0.3 is 5.97 Å². The third kappa shape index (κ3) is 3.56. The summed E-state index contributed by atoms with van der Waals surface area (Å²) in [6, 6.07) is 0. The molecule has 0 bridgehead atoms. The van der Waals surface area contributed by atoms with Crippen LogP contribution in [0.2, 0.25) is 0 Å². The number of nitrogens with one attached hydrogen (secondary N) is 1. The second-order valence-corrected chi connectivity index (χ2v) is 4.99. The van der Waals surface area contributed by atoms with E-state index in [1.54, 1.807) is 6.92 Å². The fourth-order valence-electron chi connectivity index (χ4n) is 1.37. The maximum absolute atomic E-state index is 11.6. The van der Waals surface area contributed by atoms with Gasteiger partial charge in [-0.1, -0.05) is 0 Å². The number of ether oxygens (including phenoxy) is 1. The van der Waals surface area contributed by atoms with Gasteiger partial charge in [-0.15, -0.1) is 11.3 Å². The molecular weight excluding hydrogens is 238 g/mol. The maximum Gasteiger partial charge on any atom is 0.315 e. The Hall–Kier alpha value is -1.36. The largest absolute Gasteiger partial charge is 0.466 e. The molecular formula is C12H17NO3S. The Bertz CT molecular complexity index is 437. The molecule has 0 aliphatic heterocycles. The Balaban J connectivity index is 2.62. The summed E-state index contributed by atoms with van der Waals surface area (Å²) < 4.78 is 4.71. The van der Waals surface area contributed by atoms with Crippen molar-refractivity contribution < 1.29 is 14.3 Å². The van der Waals surface area contributed by atoms with E-state index in [2.05, 4.69) is 5.32 Å². The minimum atomic E-state index is -0.493. The van der Waals surface area contributed by atoms with Crippen LogP contribution in [-0.4, -0.2) is 18.5 Å². The van der Waals surface area contributed by atoms with Crippen molar-refractivity contribution in [3.05, 3.63) is 16.0 Å². The first-order valence-corrected chi connectivity index (χ1v) is 6.29. The molecule has 0 spiro atoms. The van der Waals surface area contributed by atoms with Crippen LogP contribution >= 0.6 is 11.3 Å². The molecule has 0 aliphatic carbocycles. The number of thiophene rings is 1. The molecule has 0 saturated heterocycles. The minimum absolute atomic E-state index is 0.233. The molecule has 1 rings (SSSR count). The fourth-order valence-corrected chi connectivity index (χ4v) is 2.46. The van der Waals surface area contributed by atoms with Crippen LogP contribution in [0.4, 0.5) is 5.00 Å². The van der Waals surface area contributed by atoms with Gasteiger partial charge in [0.2, 0.25) is 5.91 Å². The number of anilines is 1. The van der Waals surface area contributed by atoms with Crippen LogP contribution in [0, 0.1) is 20.8 Å². The molecule has 5 heteroatoms. The van der Waals surface area contributed by atoms with Crippen LogP contribution in [-0.2, 0) is 14.3 Å². The van der Waals surface area contributed by atoms with Crippen molar-refractivity contribution in [1.29, 1.82) is 0 Å². The Kier molecular flexibility index (Phi) is 4.69. The average Bonchev–Trinajstić information content (AvgIpc) is 2.46. The van der Waals surface area contributed by atoms with Crippen molar-refractivity contribution in [2.24, 2.45) is 0 Å². The van der Waals surface area contributed by atoms with E-state index in [1.165, 1.54) is 21.8 Å². The highest BCUT2D eigenvalue weighted by Gasteiger charge is 2.14. The summed E-state index contributed by atoms with van der Waals surface area (Å²) in [5.74, 6) is -0.819. The molecule has 0 unspecified atom stereocenters. The van der Waals surface area contributed by atoms with E-state index >= 15 is 0 Å². The SMILES string of the molecule is CCOC(=O)CC(=O)Nc1sc(C)c(C)c1C. The summed E-state index contributed by atoms with van der Waals surface area (Å²) >= 11 is 1.53. The van der Waals surface area contributed by atoms with Gasteiger partial charge < -0.3 is 10.1 Å². The van der Waals surface area contributed by atoms with Crippen molar-refractivity contribution in [3.8, 4) is 0 Å². The van der Waals surface area contributed by atoms with Crippen LogP contribution in [0.5, 0.6) is 0 Å². The van der Waals surface area contributed by atoms with Gasteiger partial charge in [-0.05, 0) is 38.8 Å². The molecule has 1 amide bonds. The molecule has 0 radical (unpaired) electrons. The topological polar surface area (TPSA) is 55.4 Å². The highest BCUT2D eigenvalue weighted by atomic mass is 32.1. The van der Waals surface area contributed by atoms with Crippen molar-refractivity contribution >= 4 is 28.2 Å². The van der Waals surface area contributed by atoms with Crippen LogP contribution in [0.1, 0.15) is 29.3 Å². The first-order valence-electron chi connectivity index (χ1n) is 5.47. The van der Waals surface area contributed by atoms with Crippen LogP contribution in [0.15, 0.2) is 0 Å². The van der Waals surface area contributed by atoms with E-state index in [9.17, 15) is 9.59 Å². The van der Waals surface area contributed by atoms with Gasteiger partial charge in [-0.25, -0.2) is 0 Å². The summed E-state index contributed by atoms with van der Waals surface area (Å²) in [6.07, 6.45) is -0.233. The van der Waals surface area contributed by atoms with Crippen molar-refractivity contribution in [2.45, 2.75) is 34.1 Å². The number of aryl methyl sites for hydroxylation is 1. The zero-order valence-electron chi connectivity index (χ0n) is 10.5. The molecule has 0 aromatic carbocycles. The Morgan fingerprint density at radius 3 is 2.35 bits per heavy atom. The number of carbonyl (C=O) groups excluding carboxylic acids is 2. The molecule has 1 heterocycles. The summed E-state index contributed by atoms with van der Waals surface area (Å²) in [6.45, 7) is 7.99. The zero-order valence-corrected chi connectivity index (χ0v) is 11.4. The molecule has 4 nitrogen and oxygen atoms in total. The number of amides is 1. The molecule has 0 atom stereocenters. The van der Waals surface area contributed by atoms with Crippen LogP contribution in [0.25, 0.3) is 0 Å². The second-order valence-electron chi connectivity index (χ2n) is 3.77. The quantitative estimate of drug-likeness (QED) is 0.664. The molecule has 0 fully saturated rings. The van der Waals surface area contributed by atoms with Gasteiger partial charge in [0.05, 0.1) is 11.6 Å². The van der Waals surface area contributed by atoms with Crippen molar-refractivity contribution in [3.63, 3.8) is 0 Å². The van der Waals surface area contributed by atoms with Crippen molar-refractivity contribution in [2.75, 3.05) is 11.9 Å². The van der Waals surface area contributed by atoms with Gasteiger partial charge in [0.1, 0.15) is 6.42 Å². The van der Waals surface area contributed by atoms with Gasteiger partial charge in [-0.2, -0.15) is 0 Å². The lowest BCUT2D eigenvalue weighted by atomic mass is 10.2. The van der Waals surface area contributed by atoms with E-state index in [0.29, 0.717) is 6.61 Å². The third-order valence-electron chi connectivity index (χ3n) is 2.55. The summed E-state index contributed by atoms with van der Waals surface area (Å²) in [4.78, 5) is 23.9. The smallest absolute Gasteiger partial charge is 0.315 e. The number of carbonyl (C=O) groups is 2. The predicted octanol–water partition coefficient (Wildman–Crippen LogP) is 2.57. The average molecular weight is 255 g/mol. The lowest BCUT2D eigenvalue weighted by molar-refractivity contribution is -0.145. The van der Waals surface area contributed by atoms with Crippen LogP contribution < -0.4 is 5.32 Å². The molecule has 1 aromatic heterocycles. The molecule has 0 aliphatic rings. The number of hydrogen-bond acceptors (Lipinski definition) is 4. The monoisotopic (exact) mass is 255 g/mol.